The Morgan fingerprint density at radius 1 is 0.973 bits per heavy atom. The third-order valence-corrected chi connectivity index (χ3v) is 7.96. The van der Waals surface area contributed by atoms with Crippen molar-refractivity contribution >= 4 is 50.7 Å². The largest absolute Gasteiger partial charge is 0.495 e. The summed E-state index contributed by atoms with van der Waals surface area (Å²) in [5.74, 6) is -0.798. The van der Waals surface area contributed by atoms with Crippen molar-refractivity contribution in [2.24, 2.45) is 0 Å². The van der Waals surface area contributed by atoms with E-state index < -0.39 is 34.4 Å². The van der Waals surface area contributed by atoms with Crippen LogP contribution in [0.1, 0.15) is 12.5 Å². The molecule has 1 N–H and O–H groups in total. The molecule has 0 radical (unpaired) electrons. The molecule has 0 spiro atoms. The number of carbonyl (C=O) groups excluding carboxylic acids is 2. The Labute approximate surface area is 226 Å². The molecular formula is C26H27Cl2N3O5S. The molecule has 3 aromatic rings. The van der Waals surface area contributed by atoms with Gasteiger partial charge in [-0.25, -0.2) is 8.42 Å². The maximum atomic E-state index is 13.8. The molecule has 0 aromatic heterocycles. The molecule has 0 saturated heterocycles. The van der Waals surface area contributed by atoms with Crippen LogP contribution >= 0.6 is 23.2 Å². The number of likely N-dealkylation sites (N-methyl/N-ethyl adjacent to an activating group) is 1. The molecule has 2 amide bonds. The number of hydrogen-bond donors (Lipinski definition) is 1. The van der Waals surface area contributed by atoms with Crippen molar-refractivity contribution in [1.29, 1.82) is 0 Å². The van der Waals surface area contributed by atoms with Gasteiger partial charge in [0, 0.05) is 23.6 Å². The quantitative estimate of drug-likeness (QED) is 0.395. The summed E-state index contributed by atoms with van der Waals surface area (Å²) in [6, 6.07) is 18.1. The Bertz CT molecular complexity index is 1350. The third-order valence-electron chi connectivity index (χ3n) is 5.70. The molecule has 3 rings (SSSR count). The first-order valence-electron chi connectivity index (χ1n) is 11.2. The second-order valence-electron chi connectivity index (χ2n) is 8.08. The van der Waals surface area contributed by atoms with Crippen molar-refractivity contribution < 1.29 is 22.7 Å². The molecule has 0 unspecified atom stereocenters. The SMILES string of the molecule is CNC(=O)[C@@H](C)N(Cc1ccc(Cl)cc1)C(=O)CN(c1cc(Cl)ccc1OC)S(=O)(=O)c1ccccc1. The highest BCUT2D eigenvalue weighted by atomic mass is 35.5. The molecule has 11 heteroatoms. The lowest BCUT2D eigenvalue weighted by Crippen LogP contribution is -2.50. The normalized spacial score (nSPS) is 11.9. The van der Waals surface area contributed by atoms with Crippen LogP contribution < -0.4 is 14.4 Å². The van der Waals surface area contributed by atoms with E-state index >= 15 is 0 Å². The van der Waals surface area contributed by atoms with E-state index in [-0.39, 0.29) is 27.9 Å². The summed E-state index contributed by atoms with van der Waals surface area (Å²) in [6.07, 6.45) is 0. The molecular weight excluding hydrogens is 537 g/mol. The van der Waals surface area contributed by atoms with Gasteiger partial charge in [-0.3, -0.25) is 13.9 Å². The Kier molecular flexibility index (Phi) is 9.42. The first-order chi connectivity index (χ1) is 17.6. The van der Waals surface area contributed by atoms with Gasteiger partial charge in [0.1, 0.15) is 18.3 Å². The Morgan fingerprint density at radius 3 is 2.19 bits per heavy atom. The average Bonchev–Trinajstić information content (AvgIpc) is 2.90. The molecule has 0 bridgehead atoms. The van der Waals surface area contributed by atoms with Gasteiger partial charge >= 0.3 is 0 Å². The Balaban J connectivity index is 2.09. The van der Waals surface area contributed by atoms with Crippen molar-refractivity contribution in [1.82, 2.24) is 10.2 Å². The van der Waals surface area contributed by atoms with Crippen molar-refractivity contribution in [2.45, 2.75) is 24.4 Å². The highest BCUT2D eigenvalue weighted by molar-refractivity contribution is 7.92. The maximum absolute atomic E-state index is 13.8. The number of hydrogen-bond acceptors (Lipinski definition) is 5. The maximum Gasteiger partial charge on any atom is 0.264 e. The van der Waals surface area contributed by atoms with E-state index in [0.29, 0.717) is 10.6 Å². The van der Waals surface area contributed by atoms with E-state index in [1.807, 2.05) is 0 Å². The fourth-order valence-corrected chi connectivity index (χ4v) is 5.40. The van der Waals surface area contributed by atoms with Crippen molar-refractivity contribution in [3.63, 3.8) is 0 Å². The molecule has 0 aliphatic heterocycles. The summed E-state index contributed by atoms with van der Waals surface area (Å²) in [7, 11) is -1.38. The predicted molar refractivity (Wildman–Crippen MR) is 145 cm³/mol. The van der Waals surface area contributed by atoms with E-state index in [2.05, 4.69) is 5.32 Å². The molecule has 0 aliphatic rings. The minimum Gasteiger partial charge on any atom is -0.495 e. The van der Waals surface area contributed by atoms with Crippen LogP contribution in [0.2, 0.25) is 10.0 Å². The second kappa shape index (κ2) is 12.3. The number of benzene rings is 3. The average molecular weight is 564 g/mol. The summed E-state index contributed by atoms with van der Waals surface area (Å²) < 4.78 is 33.9. The fourth-order valence-electron chi connectivity index (χ4n) is 3.67. The van der Waals surface area contributed by atoms with Crippen LogP contribution in [0.5, 0.6) is 5.75 Å². The van der Waals surface area contributed by atoms with Crippen molar-refractivity contribution in [3.05, 3.63) is 88.4 Å². The Hall–Kier alpha value is -3.27. The number of sulfonamides is 1. The topological polar surface area (TPSA) is 96.0 Å². The molecule has 37 heavy (non-hydrogen) atoms. The van der Waals surface area contributed by atoms with Crippen LogP contribution in [0.15, 0.2) is 77.7 Å². The highest BCUT2D eigenvalue weighted by Gasteiger charge is 2.33. The number of carbonyl (C=O) groups is 2. The van der Waals surface area contributed by atoms with E-state index in [4.69, 9.17) is 27.9 Å². The number of rotatable bonds is 10. The lowest BCUT2D eigenvalue weighted by Gasteiger charge is -2.32. The number of halogens is 2. The first kappa shape index (κ1) is 28.3. The zero-order valence-corrected chi connectivity index (χ0v) is 22.8. The number of methoxy groups -OCH3 is 1. The zero-order chi connectivity index (χ0) is 27.2. The van der Waals surface area contributed by atoms with Gasteiger partial charge in [-0.2, -0.15) is 0 Å². The number of nitrogens with zero attached hydrogens (tertiary/aromatic N) is 2. The predicted octanol–water partition coefficient (Wildman–Crippen LogP) is 4.36. The molecule has 0 aliphatic carbocycles. The van der Waals surface area contributed by atoms with E-state index in [0.717, 1.165) is 4.31 Å². The molecule has 0 saturated carbocycles. The minimum absolute atomic E-state index is 0.0200. The lowest BCUT2D eigenvalue weighted by atomic mass is 10.1. The number of nitrogens with one attached hydrogen (secondary N) is 1. The van der Waals surface area contributed by atoms with Crippen LogP contribution in [-0.4, -0.2) is 51.9 Å². The van der Waals surface area contributed by atoms with Crippen LogP contribution in [0.4, 0.5) is 5.69 Å². The fraction of sp³-hybridized carbons (Fsp3) is 0.231. The highest BCUT2D eigenvalue weighted by Crippen LogP contribution is 2.35. The van der Waals surface area contributed by atoms with Gasteiger partial charge in [-0.05, 0) is 55.0 Å². The molecule has 8 nitrogen and oxygen atoms in total. The number of ether oxygens (including phenoxy) is 1. The minimum atomic E-state index is -4.23. The standard InChI is InChI=1S/C26H27Cl2N3O5S/c1-18(26(33)29-2)30(16-19-9-11-20(27)12-10-19)25(32)17-31(23-15-21(28)13-14-24(23)36-3)37(34,35)22-7-5-4-6-8-22/h4-15,18H,16-17H2,1-3H3,(H,29,33)/t18-/m1/s1. The second-order valence-corrected chi connectivity index (χ2v) is 10.8. The molecule has 0 heterocycles. The lowest BCUT2D eigenvalue weighted by molar-refractivity contribution is -0.139. The summed E-state index contributed by atoms with van der Waals surface area (Å²) in [5, 5.41) is 3.32. The number of anilines is 1. The summed E-state index contributed by atoms with van der Waals surface area (Å²) in [6.45, 7) is 1.02. The zero-order valence-electron chi connectivity index (χ0n) is 20.5. The molecule has 196 valence electrons. The van der Waals surface area contributed by atoms with E-state index in [1.54, 1.807) is 55.5 Å². The molecule has 3 aromatic carbocycles. The number of amides is 2. The van der Waals surface area contributed by atoms with Crippen molar-refractivity contribution in [3.8, 4) is 5.75 Å². The third kappa shape index (κ3) is 6.74. The van der Waals surface area contributed by atoms with Gasteiger partial charge < -0.3 is 15.0 Å². The van der Waals surface area contributed by atoms with Crippen molar-refractivity contribution in [2.75, 3.05) is 25.0 Å². The summed E-state index contributed by atoms with van der Waals surface area (Å²) >= 11 is 12.2. The van der Waals surface area contributed by atoms with Gasteiger partial charge in [-0.15, -0.1) is 0 Å². The van der Waals surface area contributed by atoms with E-state index in [9.17, 15) is 18.0 Å². The first-order valence-corrected chi connectivity index (χ1v) is 13.4. The molecule has 1 atom stereocenters. The van der Waals surface area contributed by atoms with Gasteiger partial charge in [0.15, 0.2) is 0 Å². The van der Waals surface area contributed by atoms with Gasteiger partial charge in [0.05, 0.1) is 17.7 Å². The Morgan fingerprint density at radius 2 is 1.59 bits per heavy atom. The monoisotopic (exact) mass is 563 g/mol. The smallest absolute Gasteiger partial charge is 0.264 e. The van der Waals surface area contributed by atoms with Crippen LogP contribution in [-0.2, 0) is 26.2 Å². The van der Waals surface area contributed by atoms with E-state index in [1.165, 1.54) is 43.3 Å². The van der Waals surface area contributed by atoms with Gasteiger partial charge in [-0.1, -0.05) is 53.5 Å². The summed E-state index contributed by atoms with van der Waals surface area (Å²) in [4.78, 5) is 27.6. The van der Waals surface area contributed by atoms with Gasteiger partial charge in [0.25, 0.3) is 10.0 Å². The summed E-state index contributed by atoms with van der Waals surface area (Å²) in [5.41, 5.74) is 0.803. The van der Waals surface area contributed by atoms with Crippen LogP contribution in [0.25, 0.3) is 0 Å². The van der Waals surface area contributed by atoms with Crippen LogP contribution in [0.3, 0.4) is 0 Å². The van der Waals surface area contributed by atoms with Crippen LogP contribution in [0, 0.1) is 0 Å². The molecule has 0 fully saturated rings. The van der Waals surface area contributed by atoms with Gasteiger partial charge in [0.2, 0.25) is 11.8 Å².